The molecule has 2 N–H and O–H groups in total. The van der Waals surface area contributed by atoms with E-state index in [0.29, 0.717) is 0 Å². The van der Waals surface area contributed by atoms with Crippen molar-refractivity contribution in [3.8, 4) is 0 Å². The number of likely N-dealkylation sites (tertiary alicyclic amines) is 1. The SMILES string of the molecule is CN=C(NCC1CCN(C)CC1)NCC1(N2CCOCC2)CCCCC1. The largest absolute Gasteiger partial charge is 0.379 e. The molecule has 3 rings (SSSR count). The Morgan fingerprint density at radius 2 is 1.73 bits per heavy atom. The number of nitrogens with zero attached hydrogens (tertiary/aromatic N) is 3. The first kappa shape index (κ1) is 19.9. The number of rotatable bonds is 5. The van der Waals surface area contributed by atoms with Gasteiger partial charge in [0.2, 0.25) is 0 Å². The number of aliphatic imine (C=N–C) groups is 1. The molecule has 0 aromatic heterocycles. The Hall–Kier alpha value is -0.850. The summed E-state index contributed by atoms with van der Waals surface area (Å²) in [6.45, 7) is 8.39. The van der Waals surface area contributed by atoms with Crippen LogP contribution in [-0.4, -0.2) is 87.9 Å². The zero-order valence-electron chi connectivity index (χ0n) is 16.9. The third kappa shape index (κ3) is 5.33. The third-order valence-corrected chi connectivity index (χ3v) is 6.67. The number of guanidine groups is 1. The average Bonchev–Trinajstić information content (AvgIpc) is 2.71. The quantitative estimate of drug-likeness (QED) is 0.572. The van der Waals surface area contributed by atoms with Gasteiger partial charge >= 0.3 is 0 Å². The van der Waals surface area contributed by atoms with Crippen LogP contribution in [0.3, 0.4) is 0 Å². The molecule has 0 amide bonds. The molecular formula is C20H39N5O. The van der Waals surface area contributed by atoms with Gasteiger partial charge in [-0.3, -0.25) is 9.89 Å². The Kier molecular flexibility index (Phi) is 7.58. The van der Waals surface area contributed by atoms with Crippen molar-refractivity contribution >= 4 is 5.96 Å². The van der Waals surface area contributed by atoms with E-state index in [2.05, 4.69) is 32.5 Å². The minimum atomic E-state index is 0.285. The Labute approximate surface area is 159 Å². The highest BCUT2D eigenvalue weighted by Gasteiger charge is 2.38. The molecule has 0 spiro atoms. The summed E-state index contributed by atoms with van der Waals surface area (Å²) in [5.41, 5.74) is 0.285. The summed E-state index contributed by atoms with van der Waals surface area (Å²) in [6.07, 6.45) is 9.25. The van der Waals surface area contributed by atoms with Gasteiger partial charge in [-0.15, -0.1) is 0 Å². The molecule has 3 fully saturated rings. The standard InChI is InChI=1S/C20H39N5O/c1-21-19(22-16-18-6-10-24(2)11-7-18)23-17-20(8-4-3-5-9-20)25-12-14-26-15-13-25/h18H,3-17H2,1-2H3,(H2,21,22,23). The lowest BCUT2D eigenvalue weighted by atomic mass is 9.80. The lowest BCUT2D eigenvalue weighted by molar-refractivity contribution is -0.0352. The molecule has 0 atom stereocenters. The molecule has 1 saturated carbocycles. The van der Waals surface area contributed by atoms with Gasteiger partial charge in [0.05, 0.1) is 13.2 Å². The van der Waals surface area contributed by atoms with E-state index in [0.717, 1.165) is 51.3 Å². The van der Waals surface area contributed by atoms with E-state index < -0.39 is 0 Å². The molecule has 0 radical (unpaired) electrons. The van der Waals surface area contributed by atoms with Crippen LogP contribution < -0.4 is 10.6 Å². The summed E-state index contributed by atoms with van der Waals surface area (Å²) in [7, 11) is 4.12. The van der Waals surface area contributed by atoms with Gasteiger partial charge in [-0.25, -0.2) is 0 Å². The Morgan fingerprint density at radius 3 is 2.38 bits per heavy atom. The molecule has 2 aliphatic heterocycles. The van der Waals surface area contributed by atoms with Crippen LogP contribution in [0.15, 0.2) is 4.99 Å². The first-order valence-electron chi connectivity index (χ1n) is 10.7. The van der Waals surface area contributed by atoms with Crippen molar-refractivity contribution < 1.29 is 4.74 Å². The van der Waals surface area contributed by atoms with Crippen molar-refractivity contribution in [1.29, 1.82) is 0 Å². The smallest absolute Gasteiger partial charge is 0.191 e. The molecule has 6 nitrogen and oxygen atoms in total. The van der Waals surface area contributed by atoms with Crippen molar-refractivity contribution in [3.63, 3.8) is 0 Å². The van der Waals surface area contributed by atoms with E-state index in [9.17, 15) is 0 Å². The van der Waals surface area contributed by atoms with Gasteiger partial charge < -0.3 is 20.3 Å². The maximum atomic E-state index is 5.59. The lowest BCUT2D eigenvalue weighted by Gasteiger charge is -2.48. The van der Waals surface area contributed by atoms with E-state index in [1.165, 1.54) is 58.0 Å². The van der Waals surface area contributed by atoms with Crippen LogP contribution in [0.1, 0.15) is 44.9 Å². The molecule has 0 unspecified atom stereocenters. The van der Waals surface area contributed by atoms with Crippen LogP contribution >= 0.6 is 0 Å². The normalized spacial score (nSPS) is 26.6. The Bertz CT molecular complexity index is 435. The van der Waals surface area contributed by atoms with Crippen molar-refractivity contribution in [1.82, 2.24) is 20.4 Å². The van der Waals surface area contributed by atoms with Gasteiger partial charge in [-0.2, -0.15) is 0 Å². The highest BCUT2D eigenvalue weighted by molar-refractivity contribution is 5.79. The Morgan fingerprint density at radius 1 is 1.04 bits per heavy atom. The number of hydrogen-bond donors (Lipinski definition) is 2. The number of hydrogen-bond acceptors (Lipinski definition) is 4. The van der Waals surface area contributed by atoms with E-state index in [4.69, 9.17) is 4.74 Å². The van der Waals surface area contributed by atoms with Crippen LogP contribution in [0.5, 0.6) is 0 Å². The summed E-state index contributed by atoms with van der Waals surface area (Å²) in [5, 5.41) is 7.26. The zero-order valence-corrected chi connectivity index (χ0v) is 16.9. The fraction of sp³-hybridized carbons (Fsp3) is 0.950. The minimum Gasteiger partial charge on any atom is -0.379 e. The average molecular weight is 366 g/mol. The van der Waals surface area contributed by atoms with Crippen LogP contribution in [0.25, 0.3) is 0 Å². The molecule has 6 heteroatoms. The van der Waals surface area contributed by atoms with Gasteiger partial charge in [0.25, 0.3) is 0 Å². The summed E-state index contributed by atoms with van der Waals surface area (Å²) >= 11 is 0. The van der Waals surface area contributed by atoms with Gasteiger partial charge in [-0.05, 0) is 51.7 Å². The number of nitrogens with one attached hydrogen (secondary N) is 2. The maximum absolute atomic E-state index is 5.59. The van der Waals surface area contributed by atoms with Crippen LogP contribution in [0.4, 0.5) is 0 Å². The van der Waals surface area contributed by atoms with Gasteiger partial charge in [-0.1, -0.05) is 19.3 Å². The highest BCUT2D eigenvalue weighted by Crippen LogP contribution is 2.33. The minimum absolute atomic E-state index is 0.285. The van der Waals surface area contributed by atoms with E-state index >= 15 is 0 Å². The van der Waals surface area contributed by atoms with Crippen LogP contribution in [0, 0.1) is 5.92 Å². The molecule has 0 aromatic carbocycles. The molecule has 150 valence electrons. The summed E-state index contributed by atoms with van der Waals surface area (Å²) < 4.78 is 5.59. The first-order valence-corrected chi connectivity index (χ1v) is 10.7. The number of piperidine rings is 1. The van der Waals surface area contributed by atoms with Gasteiger partial charge in [0.1, 0.15) is 0 Å². The van der Waals surface area contributed by atoms with Crippen molar-refractivity contribution in [3.05, 3.63) is 0 Å². The molecule has 0 aromatic rings. The van der Waals surface area contributed by atoms with Crippen LogP contribution in [0.2, 0.25) is 0 Å². The molecule has 0 bridgehead atoms. The van der Waals surface area contributed by atoms with Crippen molar-refractivity contribution in [2.45, 2.75) is 50.5 Å². The third-order valence-electron chi connectivity index (χ3n) is 6.67. The van der Waals surface area contributed by atoms with E-state index in [1.807, 2.05) is 7.05 Å². The predicted octanol–water partition coefficient (Wildman–Crippen LogP) is 1.53. The molecule has 3 aliphatic rings. The fourth-order valence-electron chi connectivity index (χ4n) is 4.83. The maximum Gasteiger partial charge on any atom is 0.191 e. The van der Waals surface area contributed by atoms with E-state index in [1.54, 1.807) is 0 Å². The highest BCUT2D eigenvalue weighted by atomic mass is 16.5. The summed E-state index contributed by atoms with van der Waals surface area (Å²) in [4.78, 5) is 9.61. The number of morpholine rings is 1. The van der Waals surface area contributed by atoms with Crippen LogP contribution in [-0.2, 0) is 4.74 Å². The fourth-order valence-corrected chi connectivity index (χ4v) is 4.83. The van der Waals surface area contributed by atoms with Gasteiger partial charge in [0, 0.05) is 38.8 Å². The molecule has 26 heavy (non-hydrogen) atoms. The molecule has 2 heterocycles. The van der Waals surface area contributed by atoms with E-state index in [-0.39, 0.29) is 5.54 Å². The second kappa shape index (κ2) is 9.90. The van der Waals surface area contributed by atoms with Crippen molar-refractivity contribution in [2.24, 2.45) is 10.9 Å². The second-order valence-electron chi connectivity index (χ2n) is 8.44. The molecule has 1 aliphatic carbocycles. The summed E-state index contributed by atoms with van der Waals surface area (Å²) in [6, 6.07) is 0. The van der Waals surface area contributed by atoms with Gasteiger partial charge in [0.15, 0.2) is 5.96 Å². The predicted molar refractivity (Wildman–Crippen MR) is 108 cm³/mol. The first-order chi connectivity index (χ1) is 12.7. The topological polar surface area (TPSA) is 52.1 Å². The Balaban J connectivity index is 1.50. The zero-order chi connectivity index (χ0) is 18.2. The van der Waals surface area contributed by atoms with Crippen molar-refractivity contribution in [2.75, 3.05) is 66.6 Å². The monoisotopic (exact) mass is 365 g/mol. The number of ether oxygens (including phenoxy) is 1. The second-order valence-corrected chi connectivity index (χ2v) is 8.44. The summed E-state index contributed by atoms with van der Waals surface area (Å²) in [5.74, 6) is 1.75. The molecule has 2 saturated heterocycles. The lowest BCUT2D eigenvalue weighted by Crippen LogP contribution is -2.60. The molecular weight excluding hydrogens is 326 g/mol.